The Morgan fingerprint density at radius 2 is 2.14 bits per heavy atom. The summed E-state index contributed by atoms with van der Waals surface area (Å²) in [7, 11) is 0. The Kier molecular flexibility index (Phi) is 4.74. The molecule has 0 aromatic heterocycles. The second-order valence-corrected chi connectivity index (χ2v) is 5.84. The van der Waals surface area contributed by atoms with E-state index >= 15 is 0 Å². The van der Waals surface area contributed by atoms with Crippen molar-refractivity contribution in [3.63, 3.8) is 0 Å². The maximum Gasteiger partial charge on any atom is 0.311 e. The molecule has 0 bridgehead atoms. The van der Waals surface area contributed by atoms with Gasteiger partial charge in [0.1, 0.15) is 11.5 Å². The van der Waals surface area contributed by atoms with Crippen LogP contribution in [-0.2, 0) is 9.59 Å². The Morgan fingerprint density at radius 1 is 1.41 bits per heavy atom. The van der Waals surface area contributed by atoms with Crippen LogP contribution in [0.4, 0.5) is 0 Å². The largest absolute Gasteiger partial charge is 0.481 e. The third-order valence-electron chi connectivity index (χ3n) is 3.87. The van der Waals surface area contributed by atoms with Crippen molar-refractivity contribution >= 4 is 23.5 Å². The van der Waals surface area contributed by atoms with Crippen molar-refractivity contribution in [2.75, 3.05) is 0 Å². The number of amides is 1. The predicted molar refractivity (Wildman–Crippen MR) is 80.9 cm³/mol. The Morgan fingerprint density at radius 3 is 2.73 bits per heavy atom. The van der Waals surface area contributed by atoms with Crippen LogP contribution in [-0.4, -0.2) is 27.7 Å². The van der Waals surface area contributed by atoms with Gasteiger partial charge in [-0.15, -0.1) is 0 Å². The van der Waals surface area contributed by atoms with E-state index in [9.17, 15) is 19.8 Å². The summed E-state index contributed by atoms with van der Waals surface area (Å²) in [5.74, 6) is 1.10. The van der Waals surface area contributed by atoms with E-state index in [0.717, 1.165) is 0 Å². The Labute approximate surface area is 133 Å². The predicted octanol–water partition coefficient (Wildman–Crippen LogP) is 1.41. The zero-order chi connectivity index (χ0) is 16.3. The number of carbonyl (C=O) groups is 2. The van der Waals surface area contributed by atoms with Crippen molar-refractivity contribution in [2.45, 2.75) is 24.9 Å². The molecule has 0 radical (unpaired) electrons. The number of carboxylic acid groups (broad SMARTS) is 1. The summed E-state index contributed by atoms with van der Waals surface area (Å²) in [5.41, 5.74) is 4.04. The Hall–Kier alpha value is -2.03. The highest BCUT2D eigenvalue weighted by Crippen LogP contribution is 2.38. The van der Waals surface area contributed by atoms with Crippen LogP contribution in [0.3, 0.4) is 0 Å². The van der Waals surface area contributed by atoms with Crippen LogP contribution in [0.15, 0.2) is 24.3 Å². The first-order chi connectivity index (χ1) is 10.3. The van der Waals surface area contributed by atoms with Gasteiger partial charge in [-0.2, -0.15) is 0 Å². The van der Waals surface area contributed by atoms with Crippen molar-refractivity contribution in [1.29, 1.82) is 0 Å². The van der Waals surface area contributed by atoms with Gasteiger partial charge in [-0.3, -0.25) is 9.59 Å². The maximum atomic E-state index is 11.5. The molecule has 3 atom stereocenters. The smallest absolute Gasteiger partial charge is 0.311 e. The van der Waals surface area contributed by atoms with E-state index in [-0.39, 0.29) is 6.42 Å². The number of halogens is 1. The highest BCUT2D eigenvalue weighted by Gasteiger charge is 2.50. The van der Waals surface area contributed by atoms with Crippen LogP contribution >= 0.6 is 11.6 Å². The Bertz CT molecular complexity index is 664. The van der Waals surface area contributed by atoms with Crippen molar-refractivity contribution < 1.29 is 19.8 Å². The van der Waals surface area contributed by atoms with Crippen LogP contribution in [0.5, 0.6) is 0 Å². The van der Waals surface area contributed by atoms with Crippen molar-refractivity contribution in [1.82, 2.24) is 0 Å². The molecule has 1 aliphatic rings. The lowest BCUT2D eigenvalue weighted by Gasteiger charge is -2.37. The fourth-order valence-electron chi connectivity index (χ4n) is 2.82. The molecule has 1 aliphatic carbocycles. The number of nitrogens with two attached hydrogens (primary N) is 1. The normalized spacial score (nSPS) is 27.5. The average molecular weight is 322 g/mol. The van der Waals surface area contributed by atoms with Gasteiger partial charge in [0.05, 0.1) is 5.92 Å². The number of carbonyl (C=O) groups excluding carboxylic acids is 1. The van der Waals surface area contributed by atoms with E-state index in [4.69, 9.17) is 17.3 Å². The molecule has 1 fully saturated rings. The van der Waals surface area contributed by atoms with Crippen molar-refractivity contribution in [3.8, 4) is 11.8 Å². The highest BCUT2D eigenvalue weighted by molar-refractivity contribution is 6.30. The standard InChI is InChI=1S/C16H16ClNO4/c17-11-4-1-3-10(9-11)6-8-16(22)7-2-5-12(14(18)19)13(16)15(20)21/h1,3-4,9,12-13,22H,2,5,7H2,(H2,18,19)(H,20,21)/t12-,13?,16+/m0/s1. The van der Waals surface area contributed by atoms with Gasteiger partial charge in [-0.1, -0.05) is 29.5 Å². The summed E-state index contributed by atoms with van der Waals surface area (Å²) in [6.45, 7) is 0. The first-order valence-electron chi connectivity index (χ1n) is 6.87. The molecule has 1 aromatic carbocycles. The molecular weight excluding hydrogens is 306 g/mol. The maximum absolute atomic E-state index is 11.5. The molecule has 116 valence electrons. The lowest BCUT2D eigenvalue weighted by atomic mass is 9.68. The van der Waals surface area contributed by atoms with E-state index < -0.39 is 29.3 Å². The first kappa shape index (κ1) is 16.3. The van der Waals surface area contributed by atoms with Gasteiger partial charge in [-0.25, -0.2) is 0 Å². The topological polar surface area (TPSA) is 101 Å². The number of primary amides is 1. The summed E-state index contributed by atoms with van der Waals surface area (Å²) < 4.78 is 0. The molecule has 0 aliphatic heterocycles. The highest BCUT2D eigenvalue weighted by atomic mass is 35.5. The molecule has 6 heteroatoms. The van der Waals surface area contributed by atoms with E-state index in [1.54, 1.807) is 24.3 Å². The van der Waals surface area contributed by atoms with Crippen LogP contribution in [0.25, 0.3) is 0 Å². The SMILES string of the molecule is NC(=O)[C@H]1CCC[C@@](O)(C#Cc2cccc(Cl)c2)C1C(=O)O. The molecule has 1 saturated carbocycles. The third-order valence-corrected chi connectivity index (χ3v) is 4.10. The molecule has 5 nitrogen and oxygen atoms in total. The molecule has 2 rings (SSSR count). The lowest BCUT2D eigenvalue weighted by Crippen LogP contribution is -2.52. The molecule has 4 N–H and O–H groups in total. The van der Waals surface area contributed by atoms with Crippen LogP contribution in [0.1, 0.15) is 24.8 Å². The fourth-order valence-corrected chi connectivity index (χ4v) is 3.01. The lowest BCUT2D eigenvalue weighted by molar-refractivity contribution is -0.159. The molecule has 0 saturated heterocycles. The van der Waals surface area contributed by atoms with Gasteiger partial charge in [-0.05, 0) is 37.5 Å². The van der Waals surface area contributed by atoms with Crippen LogP contribution < -0.4 is 5.73 Å². The number of rotatable bonds is 2. The first-order valence-corrected chi connectivity index (χ1v) is 7.24. The zero-order valence-corrected chi connectivity index (χ0v) is 12.5. The fraction of sp³-hybridized carbons (Fsp3) is 0.375. The monoisotopic (exact) mass is 321 g/mol. The minimum atomic E-state index is -1.79. The average Bonchev–Trinajstić information content (AvgIpc) is 2.44. The van der Waals surface area contributed by atoms with Crippen LogP contribution in [0.2, 0.25) is 5.02 Å². The minimum Gasteiger partial charge on any atom is -0.481 e. The number of aliphatic hydroxyl groups is 1. The number of hydrogen-bond acceptors (Lipinski definition) is 3. The number of aliphatic carboxylic acids is 1. The van der Waals surface area contributed by atoms with E-state index in [1.807, 2.05) is 0 Å². The molecule has 0 spiro atoms. The number of benzene rings is 1. The second kappa shape index (κ2) is 6.39. The van der Waals surface area contributed by atoms with Crippen LogP contribution in [0, 0.1) is 23.7 Å². The van der Waals surface area contributed by atoms with Gasteiger partial charge >= 0.3 is 5.97 Å². The number of hydrogen-bond donors (Lipinski definition) is 3. The van der Waals surface area contributed by atoms with E-state index in [2.05, 4.69) is 11.8 Å². The second-order valence-electron chi connectivity index (χ2n) is 5.40. The summed E-state index contributed by atoms with van der Waals surface area (Å²) in [5, 5.41) is 20.5. The van der Waals surface area contributed by atoms with Gasteiger partial charge in [0.25, 0.3) is 0 Å². The van der Waals surface area contributed by atoms with Crippen molar-refractivity contribution in [2.24, 2.45) is 17.6 Å². The molecule has 0 heterocycles. The molecule has 22 heavy (non-hydrogen) atoms. The summed E-state index contributed by atoms with van der Waals surface area (Å²) in [6.07, 6.45) is 1.01. The summed E-state index contributed by atoms with van der Waals surface area (Å²) in [6, 6.07) is 6.71. The summed E-state index contributed by atoms with van der Waals surface area (Å²) in [4.78, 5) is 23.0. The number of carboxylic acids is 1. The molecular formula is C16H16ClNO4. The Balaban J connectivity index is 2.37. The van der Waals surface area contributed by atoms with Gasteiger partial charge in [0.15, 0.2) is 0 Å². The molecule has 1 aromatic rings. The summed E-state index contributed by atoms with van der Waals surface area (Å²) >= 11 is 5.86. The van der Waals surface area contributed by atoms with E-state index in [0.29, 0.717) is 23.4 Å². The third kappa shape index (κ3) is 3.41. The zero-order valence-electron chi connectivity index (χ0n) is 11.8. The van der Waals surface area contributed by atoms with Gasteiger partial charge < -0.3 is 15.9 Å². The van der Waals surface area contributed by atoms with Gasteiger partial charge in [0, 0.05) is 10.6 Å². The molecule has 1 amide bonds. The van der Waals surface area contributed by atoms with Gasteiger partial charge in [0.2, 0.25) is 5.91 Å². The quantitative estimate of drug-likeness (QED) is 0.717. The molecule has 1 unspecified atom stereocenters. The van der Waals surface area contributed by atoms with Crippen molar-refractivity contribution in [3.05, 3.63) is 34.9 Å². The minimum absolute atomic E-state index is 0.182. The van der Waals surface area contributed by atoms with E-state index in [1.165, 1.54) is 0 Å².